The fourth-order valence-corrected chi connectivity index (χ4v) is 2.67. The summed E-state index contributed by atoms with van der Waals surface area (Å²) in [5, 5.41) is 6.73. The Labute approximate surface area is 166 Å². The van der Waals surface area contributed by atoms with Crippen LogP contribution >= 0.6 is 0 Å². The van der Waals surface area contributed by atoms with Crippen LogP contribution in [0.25, 0.3) is 11.4 Å². The maximum atomic E-state index is 5.48. The van der Waals surface area contributed by atoms with Crippen molar-refractivity contribution < 1.29 is 9.47 Å². The molecule has 1 heterocycles. The number of hydrogen-bond donors (Lipinski definition) is 2. The van der Waals surface area contributed by atoms with E-state index in [1.54, 1.807) is 14.2 Å². The molecule has 0 atom stereocenters. The van der Waals surface area contributed by atoms with Gasteiger partial charge in [-0.05, 0) is 18.1 Å². The molecule has 3 aromatic rings. The van der Waals surface area contributed by atoms with Gasteiger partial charge in [-0.1, -0.05) is 44.2 Å². The zero-order valence-corrected chi connectivity index (χ0v) is 16.7. The van der Waals surface area contributed by atoms with Gasteiger partial charge in [-0.25, -0.2) is 9.97 Å². The van der Waals surface area contributed by atoms with Crippen molar-refractivity contribution in [3.05, 3.63) is 54.6 Å². The van der Waals surface area contributed by atoms with Gasteiger partial charge >= 0.3 is 0 Å². The lowest BCUT2D eigenvalue weighted by Gasteiger charge is -2.15. The number of rotatable bonds is 8. The Balaban J connectivity index is 1.96. The van der Waals surface area contributed by atoms with Crippen LogP contribution in [0.15, 0.2) is 54.6 Å². The minimum Gasteiger partial charge on any atom is -0.497 e. The first-order valence-electron chi connectivity index (χ1n) is 9.26. The number of hydrogen-bond acceptors (Lipinski definition) is 6. The molecule has 6 heteroatoms. The van der Waals surface area contributed by atoms with E-state index < -0.39 is 0 Å². The highest BCUT2D eigenvalue weighted by Crippen LogP contribution is 2.32. The lowest BCUT2D eigenvalue weighted by molar-refractivity contribution is 0.395. The van der Waals surface area contributed by atoms with E-state index in [2.05, 4.69) is 29.5 Å². The fraction of sp³-hybridized carbons (Fsp3) is 0.273. The number of nitrogens with one attached hydrogen (secondary N) is 2. The standard InChI is InChI=1S/C22H26N4O2/c1-15(2)14-23-20-13-21(26-22(25-20)16-8-6-5-7-9-16)24-18-11-10-17(27-3)12-19(18)28-4/h5-13,15H,14H2,1-4H3,(H2,23,24,25,26). The number of nitrogens with zero attached hydrogens (tertiary/aromatic N) is 2. The second-order valence-corrected chi connectivity index (χ2v) is 6.79. The third kappa shape index (κ3) is 4.91. The number of ether oxygens (including phenoxy) is 2. The van der Waals surface area contributed by atoms with Crippen molar-refractivity contribution in [1.82, 2.24) is 9.97 Å². The quantitative estimate of drug-likeness (QED) is 0.577. The van der Waals surface area contributed by atoms with Crippen LogP contribution in [0.4, 0.5) is 17.3 Å². The molecular formula is C22H26N4O2. The first kappa shape index (κ1) is 19.5. The molecule has 0 aliphatic rings. The summed E-state index contributed by atoms with van der Waals surface area (Å²) in [4.78, 5) is 9.37. The van der Waals surface area contributed by atoms with Crippen molar-refractivity contribution in [3.8, 4) is 22.9 Å². The molecule has 0 bridgehead atoms. The minimum atomic E-state index is 0.508. The van der Waals surface area contributed by atoms with Gasteiger partial charge in [0, 0.05) is 24.2 Å². The summed E-state index contributed by atoms with van der Waals surface area (Å²) < 4.78 is 10.8. The predicted octanol–water partition coefficient (Wildman–Crippen LogP) is 4.97. The molecule has 0 unspecified atom stereocenters. The summed E-state index contributed by atoms with van der Waals surface area (Å²) in [6, 6.07) is 17.5. The molecule has 0 aliphatic heterocycles. The minimum absolute atomic E-state index is 0.508. The lowest BCUT2D eigenvalue weighted by atomic mass is 10.2. The summed E-state index contributed by atoms with van der Waals surface area (Å²) in [6.45, 7) is 5.15. The molecule has 28 heavy (non-hydrogen) atoms. The zero-order chi connectivity index (χ0) is 19.9. The predicted molar refractivity (Wildman–Crippen MR) is 114 cm³/mol. The Hall–Kier alpha value is -3.28. The average molecular weight is 378 g/mol. The maximum Gasteiger partial charge on any atom is 0.163 e. The molecule has 6 nitrogen and oxygen atoms in total. The molecule has 2 aromatic carbocycles. The highest BCUT2D eigenvalue weighted by atomic mass is 16.5. The van der Waals surface area contributed by atoms with Crippen molar-refractivity contribution in [2.45, 2.75) is 13.8 Å². The molecule has 3 rings (SSSR count). The summed E-state index contributed by atoms with van der Waals surface area (Å²) in [5.74, 6) is 4.03. The second kappa shape index (κ2) is 9.08. The van der Waals surface area contributed by atoms with Gasteiger partial charge < -0.3 is 20.1 Å². The second-order valence-electron chi connectivity index (χ2n) is 6.79. The van der Waals surface area contributed by atoms with Gasteiger partial charge in [-0.15, -0.1) is 0 Å². The molecular weight excluding hydrogens is 352 g/mol. The molecule has 0 radical (unpaired) electrons. The summed E-state index contributed by atoms with van der Waals surface area (Å²) in [6.07, 6.45) is 0. The van der Waals surface area contributed by atoms with Crippen LogP contribution in [0.1, 0.15) is 13.8 Å². The number of benzene rings is 2. The molecule has 0 fully saturated rings. The first-order valence-corrected chi connectivity index (χ1v) is 9.26. The Kier molecular flexibility index (Phi) is 6.32. The van der Waals surface area contributed by atoms with Crippen molar-refractivity contribution in [2.24, 2.45) is 5.92 Å². The van der Waals surface area contributed by atoms with Crippen LogP contribution in [0.3, 0.4) is 0 Å². The molecule has 0 aliphatic carbocycles. The van der Waals surface area contributed by atoms with Crippen molar-refractivity contribution in [3.63, 3.8) is 0 Å². The molecule has 1 aromatic heterocycles. The summed E-state index contributed by atoms with van der Waals surface area (Å²) in [5.41, 5.74) is 1.76. The molecule has 0 saturated carbocycles. The van der Waals surface area contributed by atoms with Crippen LogP contribution in [-0.4, -0.2) is 30.7 Å². The van der Waals surface area contributed by atoms with E-state index in [-0.39, 0.29) is 0 Å². The SMILES string of the molecule is COc1ccc(Nc2cc(NCC(C)C)nc(-c3ccccc3)n2)c(OC)c1. The Bertz CT molecular complexity index is 914. The highest BCUT2D eigenvalue weighted by Gasteiger charge is 2.11. The van der Waals surface area contributed by atoms with Gasteiger partial charge in [0.1, 0.15) is 23.1 Å². The van der Waals surface area contributed by atoms with E-state index in [1.807, 2.05) is 54.6 Å². The van der Waals surface area contributed by atoms with Crippen LogP contribution in [0.2, 0.25) is 0 Å². The number of aromatic nitrogens is 2. The van der Waals surface area contributed by atoms with Gasteiger partial charge in [-0.2, -0.15) is 0 Å². The van der Waals surface area contributed by atoms with E-state index in [4.69, 9.17) is 14.5 Å². The van der Waals surface area contributed by atoms with Gasteiger partial charge in [0.25, 0.3) is 0 Å². The van der Waals surface area contributed by atoms with Gasteiger partial charge in [0.15, 0.2) is 5.82 Å². The third-order valence-electron chi connectivity index (χ3n) is 4.12. The summed E-state index contributed by atoms with van der Waals surface area (Å²) >= 11 is 0. The van der Waals surface area contributed by atoms with Crippen LogP contribution in [0, 0.1) is 5.92 Å². The summed E-state index contributed by atoms with van der Waals surface area (Å²) in [7, 11) is 3.26. The van der Waals surface area contributed by atoms with E-state index in [0.717, 1.165) is 29.4 Å². The Morgan fingerprint density at radius 2 is 1.64 bits per heavy atom. The van der Waals surface area contributed by atoms with Crippen LogP contribution in [-0.2, 0) is 0 Å². The largest absolute Gasteiger partial charge is 0.497 e. The number of methoxy groups -OCH3 is 2. The highest BCUT2D eigenvalue weighted by molar-refractivity contribution is 5.69. The first-order chi connectivity index (χ1) is 13.6. The third-order valence-corrected chi connectivity index (χ3v) is 4.12. The average Bonchev–Trinajstić information content (AvgIpc) is 2.73. The molecule has 0 saturated heterocycles. The molecule has 0 amide bonds. The van der Waals surface area contributed by atoms with E-state index in [9.17, 15) is 0 Å². The van der Waals surface area contributed by atoms with E-state index in [1.165, 1.54) is 0 Å². The normalized spacial score (nSPS) is 10.6. The Morgan fingerprint density at radius 1 is 0.893 bits per heavy atom. The smallest absolute Gasteiger partial charge is 0.163 e. The lowest BCUT2D eigenvalue weighted by Crippen LogP contribution is -2.10. The molecule has 2 N–H and O–H groups in total. The maximum absolute atomic E-state index is 5.48. The molecule has 146 valence electrons. The monoisotopic (exact) mass is 378 g/mol. The van der Waals surface area contributed by atoms with Crippen molar-refractivity contribution >= 4 is 17.3 Å². The fourth-order valence-electron chi connectivity index (χ4n) is 2.67. The number of anilines is 3. The van der Waals surface area contributed by atoms with Crippen LogP contribution < -0.4 is 20.1 Å². The molecule has 0 spiro atoms. The van der Waals surface area contributed by atoms with Gasteiger partial charge in [0.2, 0.25) is 0 Å². The van der Waals surface area contributed by atoms with Crippen LogP contribution in [0.5, 0.6) is 11.5 Å². The van der Waals surface area contributed by atoms with E-state index >= 15 is 0 Å². The topological polar surface area (TPSA) is 68.3 Å². The van der Waals surface area contributed by atoms with Gasteiger partial charge in [-0.3, -0.25) is 0 Å². The van der Waals surface area contributed by atoms with Crippen molar-refractivity contribution in [2.75, 3.05) is 31.4 Å². The van der Waals surface area contributed by atoms with E-state index in [0.29, 0.717) is 23.3 Å². The van der Waals surface area contributed by atoms with Gasteiger partial charge in [0.05, 0.1) is 19.9 Å². The Morgan fingerprint density at radius 3 is 2.32 bits per heavy atom. The van der Waals surface area contributed by atoms with Crippen molar-refractivity contribution in [1.29, 1.82) is 0 Å². The zero-order valence-electron chi connectivity index (χ0n) is 16.7.